The highest BCUT2D eigenvalue weighted by atomic mass is 79.9. The molecule has 0 bridgehead atoms. The fraction of sp³-hybridized carbons (Fsp3) is 0.0435. The number of hydrogen-bond donors (Lipinski definition) is 1. The average molecular weight is 469 g/mol. The largest absolute Gasteiger partial charge is 0.422 e. The molecule has 4 nitrogen and oxygen atoms in total. The molecule has 1 amide bonds. The Balaban J connectivity index is 1.67. The molecule has 0 aliphatic carbocycles. The van der Waals surface area contributed by atoms with Gasteiger partial charge in [0.25, 0.3) is 5.91 Å². The molecular formula is C23H15BrClNO3. The van der Waals surface area contributed by atoms with Gasteiger partial charge in [-0.15, -0.1) is 0 Å². The molecule has 0 radical (unpaired) electrons. The zero-order valence-electron chi connectivity index (χ0n) is 15.3. The molecule has 0 aliphatic heterocycles. The third kappa shape index (κ3) is 3.97. The molecule has 1 N–H and O–H groups in total. The molecular weight excluding hydrogens is 454 g/mol. The van der Waals surface area contributed by atoms with Gasteiger partial charge in [-0.05, 0) is 60.5 Å². The molecule has 0 saturated carbocycles. The van der Waals surface area contributed by atoms with Crippen molar-refractivity contribution in [3.63, 3.8) is 0 Å². The van der Waals surface area contributed by atoms with Gasteiger partial charge in [-0.2, -0.15) is 0 Å². The van der Waals surface area contributed by atoms with E-state index in [0.29, 0.717) is 27.4 Å². The van der Waals surface area contributed by atoms with Crippen LogP contribution in [0, 0.1) is 6.92 Å². The molecule has 0 atom stereocenters. The second kappa shape index (κ2) is 7.85. The van der Waals surface area contributed by atoms with Crippen LogP contribution in [0.2, 0.25) is 5.02 Å². The van der Waals surface area contributed by atoms with Gasteiger partial charge in [0.2, 0.25) is 0 Å². The monoisotopic (exact) mass is 467 g/mol. The highest BCUT2D eigenvalue weighted by Gasteiger charge is 2.14. The quantitative estimate of drug-likeness (QED) is 0.352. The molecule has 0 spiro atoms. The Morgan fingerprint density at radius 2 is 1.79 bits per heavy atom. The van der Waals surface area contributed by atoms with Crippen molar-refractivity contribution in [2.24, 2.45) is 0 Å². The topological polar surface area (TPSA) is 59.3 Å². The molecule has 0 unspecified atom stereocenters. The minimum atomic E-state index is -0.399. The van der Waals surface area contributed by atoms with Crippen LogP contribution < -0.4 is 10.9 Å². The van der Waals surface area contributed by atoms with E-state index in [1.165, 1.54) is 0 Å². The number of aryl methyl sites for hydroxylation is 1. The lowest BCUT2D eigenvalue weighted by molar-refractivity contribution is 0.102. The Bertz CT molecular complexity index is 1310. The van der Waals surface area contributed by atoms with E-state index in [9.17, 15) is 9.59 Å². The van der Waals surface area contributed by atoms with Crippen LogP contribution in [-0.2, 0) is 0 Å². The molecule has 4 aromatic rings. The van der Waals surface area contributed by atoms with Crippen molar-refractivity contribution >= 4 is 50.1 Å². The van der Waals surface area contributed by atoms with Crippen LogP contribution in [0.1, 0.15) is 15.9 Å². The van der Waals surface area contributed by atoms with Gasteiger partial charge < -0.3 is 9.73 Å². The van der Waals surface area contributed by atoms with Gasteiger partial charge in [0, 0.05) is 15.5 Å². The molecule has 6 heteroatoms. The van der Waals surface area contributed by atoms with Crippen molar-refractivity contribution in [1.82, 2.24) is 0 Å². The number of amides is 1. The summed E-state index contributed by atoms with van der Waals surface area (Å²) in [6, 6.07) is 19.7. The number of para-hydroxylation sites is 1. The first-order chi connectivity index (χ1) is 13.9. The number of hydrogen-bond acceptors (Lipinski definition) is 3. The number of anilines is 1. The maximum atomic E-state index is 12.6. The lowest BCUT2D eigenvalue weighted by atomic mass is 10.0. The van der Waals surface area contributed by atoms with Gasteiger partial charge in [0.1, 0.15) is 5.58 Å². The van der Waals surface area contributed by atoms with Gasteiger partial charge in [-0.1, -0.05) is 51.8 Å². The maximum absolute atomic E-state index is 12.6. The summed E-state index contributed by atoms with van der Waals surface area (Å²) >= 11 is 9.48. The number of fused-ring (bicyclic) bond motifs is 1. The molecule has 0 aliphatic rings. The third-order valence-electron chi connectivity index (χ3n) is 4.59. The summed E-state index contributed by atoms with van der Waals surface area (Å²) in [5.41, 5.74) is 3.21. The summed E-state index contributed by atoms with van der Waals surface area (Å²) < 4.78 is 6.20. The van der Waals surface area contributed by atoms with Crippen LogP contribution in [0.4, 0.5) is 5.69 Å². The smallest absolute Gasteiger partial charge is 0.344 e. The van der Waals surface area contributed by atoms with Crippen molar-refractivity contribution < 1.29 is 9.21 Å². The van der Waals surface area contributed by atoms with Gasteiger partial charge in [-0.3, -0.25) is 4.79 Å². The van der Waals surface area contributed by atoms with Crippen LogP contribution in [0.25, 0.3) is 22.1 Å². The second-order valence-corrected chi connectivity index (χ2v) is 7.92. The lowest BCUT2D eigenvalue weighted by Crippen LogP contribution is -2.13. The van der Waals surface area contributed by atoms with Gasteiger partial charge in [0.05, 0.1) is 16.1 Å². The van der Waals surface area contributed by atoms with Crippen LogP contribution in [0.15, 0.2) is 80.4 Å². The first kappa shape index (κ1) is 19.4. The van der Waals surface area contributed by atoms with Gasteiger partial charge in [-0.25, -0.2) is 4.79 Å². The first-order valence-corrected chi connectivity index (χ1v) is 10.00. The zero-order chi connectivity index (χ0) is 20.5. The number of benzene rings is 3. The fourth-order valence-electron chi connectivity index (χ4n) is 3.16. The normalized spacial score (nSPS) is 10.9. The van der Waals surface area contributed by atoms with E-state index in [-0.39, 0.29) is 5.91 Å². The van der Waals surface area contributed by atoms with Crippen molar-refractivity contribution in [2.45, 2.75) is 6.92 Å². The Morgan fingerprint density at radius 1 is 1.00 bits per heavy atom. The van der Waals surface area contributed by atoms with E-state index >= 15 is 0 Å². The molecule has 3 aromatic carbocycles. The number of carbonyl (C=O) groups excluding carboxylic acids is 1. The molecule has 0 fully saturated rings. The summed E-state index contributed by atoms with van der Waals surface area (Å²) in [6.07, 6.45) is 0. The van der Waals surface area contributed by atoms with Crippen molar-refractivity contribution in [1.29, 1.82) is 0 Å². The molecule has 1 aromatic heterocycles. The minimum absolute atomic E-state index is 0.311. The molecule has 144 valence electrons. The Morgan fingerprint density at radius 3 is 2.59 bits per heavy atom. The first-order valence-electron chi connectivity index (χ1n) is 8.83. The number of rotatable bonds is 3. The highest BCUT2D eigenvalue weighted by molar-refractivity contribution is 9.10. The predicted octanol–water partition coefficient (Wildman–Crippen LogP) is 6.44. The van der Waals surface area contributed by atoms with Crippen molar-refractivity contribution in [3.8, 4) is 11.1 Å². The minimum Gasteiger partial charge on any atom is -0.422 e. The predicted molar refractivity (Wildman–Crippen MR) is 120 cm³/mol. The summed E-state index contributed by atoms with van der Waals surface area (Å²) in [6.45, 7) is 1.88. The van der Waals surface area contributed by atoms with Crippen LogP contribution >= 0.6 is 27.5 Å². The van der Waals surface area contributed by atoms with Crippen molar-refractivity contribution in [3.05, 3.63) is 97.8 Å². The van der Waals surface area contributed by atoms with Gasteiger partial charge >= 0.3 is 5.63 Å². The summed E-state index contributed by atoms with van der Waals surface area (Å²) in [5.74, 6) is -0.311. The van der Waals surface area contributed by atoms with Crippen LogP contribution in [-0.4, -0.2) is 5.91 Å². The molecule has 4 rings (SSSR count). The lowest BCUT2D eigenvalue weighted by Gasteiger charge is -2.11. The number of halogens is 2. The van der Waals surface area contributed by atoms with Crippen molar-refractivity contribution in [2.75, 3.05) is 5.32 Å². The Labute approximate surface area is 180 Å². The van der Waals surface area contributed by atoms with E-state index in [4.69, 9.17) is 16.0 Å². The van der Waals surface area contributed by atoms with E-state index in [2.05, 4.69) is 21.2 Å². The highest BCUT2D eigenvalue weighted by Crippen LogP contribution is 2.27. The molecule has 0 saturated heterocycles. The second-order valence-electron chi connectivity index (χ2n) is 6.59. The summed E-state index contributed by atoms with van der Waals surface area (Å²) in [7, 11) is 0. The fourth-order valence-corrected chi connectivity index (χ4v) is 3.73. The zero-order valence-corrected chi connectivity index (χ0v) is 17.7. The SMILES string of the molecule is Cc1cc(NC(=O)c2cc(Br)ccc2Cl)ccc1-c1cc2ccccc2oc1=O. The van der Waals surface area contributed by atoms with Crippen LogP contribution in [0.3, 0.4) is 0 Å². The van der Waals surface area contributed by atoms with E-state index in [0.717, 1.165) is 21.0 Å². The number of carbonyl (C=O) groups is 1. The summed E-state index contributed by atoms with van der Waals surface area (Å²) in [5, 5.41) is 4.06. The van der Waals surface area contributed by atoms with Gasteiger partial charge in [0.15, 0.2) is 0 Å². The molecule has 1 heterocycles. The summed E-state index contributed by atoms with van der Waals surface area (Å²) in [4.78, 5) is 25.0. The van der Waals surface area contributed by atoms with E-state index < -0.39 is 5.63 Å². The third-order valence-corrected chi connectivity index (χ3v) is 5.41. The van der Waals surface area contributed by atoms with E-state index in [1.54, 1.807) is 36.4 Å². The maximum Gasteiger partial charge on any atom is 0.344 e. The average Bonchev–Trinajstić information content (AvgIpc) is 2.69. The Hall–Kier alpha value is -2.89. The standard InChI is InChI=1S/C23H15BrClNO3/c1-13-10-16(26-22(27)19-12-15(24)6-9-20(19)25)7-8-17(13)18-11-14-4-2-3-5-21(14)29-23(18)28/h2-12H,1H3,(H,26,27). The molecule has 29 heavy (non-hydrogen) atoms. The Kier molecular flexibility index (Phi) is 5.26. The number of nitrogens with one attached hydrogen (secondary N) is 1. The van der Waals surface area contributed by atoms with E-state index in [1.807, 2.05) is 37.3 Å². The van der Waals surface area contributed by atoms with Crippen LogP contribution in [0.5, 0.6) is 0 Å².